The number of carbonyl (C=O) groups is 1. The van der Waals surface area contributed by atoms with E-state index in [1.165, 1.54) is 6.33 Å². The number of furan rings is 1. The van der Waals surface area contributed by atoms with Crippen molar-refractivity contribution in [1.29, 1.82) is 0 Å². The SMILES string of the molecule is Cc1ccc(CNc2ncnc3c2NC(=O)CN3)o1. The number of rotatable bonds is 3. The number of carbonyl (C=O) groups excluding carboxylic acids is 1. The molecule has 0 fully saturated rings. The van der Waals surface area contributed by atoms with Crippen LogP contribution in [0, 0.1) is 6.92 Å². The van der Waals surface area contributed by atoms with E-state index in [2.05, 4.69) is 25.9 Å². The average Bonchev–Trinajstić information content (AvgIpc) is 2.82. The molecule has 1 aliphatic heterocycles. The molecule has 0 saturated heterocycles. The predicted molar refractivity (Wildman–Crippen MR) is 69.9 cm³/mol. The fourth-order valence-electron chi connectivity index (χ4n) is 1.87. The van der Waals surface area contributed by atoms with E-state index in [9.17, 15) is 4.79 Å². The van der Waals surface area contributed by atoms with E-state index >= 15 is 0 Å². The van der Waals surface area contributed by atoms with Crippen LogP contribution in [-0.2, 0) is 11.3 Å². The molecule has 2 aromatic heterocycles. The number of fused-ring (bicyclic) bond motifs is 1. The van der Waals surface area contributed by atoms with Gasteiger partial charge in [0.05, 0.1) is 13.1 Å². The van der Waals surface area contributed by atoms with Gasteiger partial charge in [-0.2, -0.15) is 0 Å². The molecule has 3 rings (SSSR count). The summed E-state index contributed by atoms with van der Waals surface area (Å²) in [5.74, 6) is 2.74. The molecule has 0 saturated carbocycles. The van der Waals surface area contributed by atoms with Gasteiger partial charge in [0.2, 0.25) is 5.91 Å². The normalized spacial score (nSPS) is 13.4. The first-order valence-electron chi connectivity index (χ1n) is 5.90. The Morgan fingerprint density at radius 3 is 3.11 bits per heavy atom. The molecule has 98 valence electrons. The van der Waals surface area contributed by atoms with Crippen LogP contribution in [0.5, 0.6) is 0 Å². The van der Waals surface area contributed by atoms with E-state index in [1.54, 1.807) is 0 Å². The highest BCUT2D eigenvalue weighted by Crippen LogP contribution is 2.28. The summed E-state index contributed by atoms with van der Waals surface area (Å²) < 4.78 is 5.46. The summed E-state index contributed by atoms with van der Waals surface area (Å²) in [6.45, 7) is 2.61. The molecule has 0 bridgehead atoms. The molecule has 19 heavy (non-hydrogen) atoms. The van der Waals surface area contributed by atoms with Crippen LogP contribution >= 0.6 is 0 Å². The molecule has 1 aliphatic rings. The Bertz CT molecular complexity index is 622. The lowest BCUT2D eigenvalue weighted by Crippen LogP contribution is -2.29. The van der Waals surface area contributed by atoms with Gasteiger partial charge < -0.3 is 20.4 Å². The van der Waals surface area contributed by atoms with Gasteiger partial charge in [0.1, 0.15) is 23.5 Å². The molecule has 2 aromatic rings. The second-order valence-electron chi connectivity index (χ2n) is 4.21. The Kier molecular flexibility index (Phi) is 2.79. The Hall–Kier alpha value is -2.57. The number of nitrogens with zero attached hydrogens (tertiary/aromatic N) is 2. The summed E-state index contributed by atoms with van der Waals surface area (Å²) >= 11 is 0. The summed E-state index contributed by atoms with van der Waals surface area (Å²) in [7, 11) is 0. The molecule has 7 nitrogen and oxygen atoms in total. The molecular weight excluding hydrogens is 246 g/mol. The third kappa shape index (κ3) is 2.35. The van der Waals surface area contributed by atoms with Gasteiger partial charge in [-0.3, -0.25) is 4.79 Å². The van der Waals surface area contributed by atoms with Gasteiger partial charge in [0.25, 0.3) is 0 Å². The second-order valence-corrected chi connectivity index (χ2v) is 4.21. The molecule has 0 aromatic carbocycles. The highest BCUT2D eigenvalue weighted by Gasteiger charge is 2.19. The lowest BCUT2D eigenvalue weighted by Gasteiger charge is -2.19. The van der Waals surface area contributed by atoms with Crippen molar-refractivity contribution in [3.05, 3.63) is 30.0 Å². The van der Waals surface area contributed by atoms with Crippen LogP contribution in [0.25, 0.3) is 0 Å². The zero-order chi connectivity index (χ0) is 13.2. The van der Waals surface area contributed by atoms with Crippen molar-refractivity contribution in [2.45, 2.75) is 13.5 Å². The quantitative estimate of drug-likeness (QED) is 0.770. The molecule has 0 spiro atoms. The van der Waals surface area contributed by atoms with Crippen LogP contribution in [0.1, 0.15) is 11.5 Å². The van der Waals surface area contributed by atoms with Crippen molar-refractivity contribution < 1.29 is 9.21 Å². The standard InChI is InChI=1S/C12H13N5O2/c1-7-2-3-8(19-7)4-13-11-10-12(16-6-15-11)14-5-9(18)17-10/h2-3,6H,4-5H2,1H3,(H,17,18)(H2,13,14,15,16). The van der Waals surface area contributed by atoms with E-state index < -0.39 is 0 Å². The Morgan fingerprint density at radius 1 is 1.42 bits per heavy atom. The second kappa shape index (κ2) is 4.60. The number of hydrogen-bond donors (Lipinski definition) is 3. The van der Waals surface area contributed by atoms with Crippen LogP contribution in [0.2, 0.25) is 0 Å². The summed E-state index contributed by atoms with van der Waals surface area (Å²) in [6.07, 6.45) is 1.44. The maximum atomic E-state index is 11.4. The zero-order valence-electron chi connectivity index (χ0n) is 10.4. The monoisotopic (exact) mass is 259 g/mol. The van der Waals surface area contributed by atoms with Gasteiger partial charge in [-0.15, -0.1) is 0 Å². The molecule has 3 N–H and O–H groups in total. The highest BCUT2D eigenvalue weighted by atomic mass is 16.3. The van der Waals surface area contributed by atoms with Gasteiger partial charge in [0, 0.05) is 0 Å². The minimum atomic E-state index is -0.112. The lowest BCUT2D eigenvalue weighted by molar-refractivity contribution is -0.114. The zero-order valence-corrected chi connectivity index (χ0v) is 10.4. The van der Waals surface area contributed by atoms with Crippen molar-refractivity contribution >= 4 is 23.2 Å². The average molecular weight is 259 g/mol. The summed E-state index contributed by atoms with van der Waals surface area (Å²) in [5, 5.41) is 8.80. The van der Waals surface area contributed by atoms with Crippen molar-refractivity contribution in [2.24, 2.45) is 0 Å². The third-order valence-corrected chi connectivity index (χ3v) is 2.75. The highest BCUT2D eigenvalue weighted by molar-refractivity contribution is 6.02. The summed E-state index contributed by atoms with van der Waals surface area (Å²) in [4.78, 5) is 19.6. The number of hydrogen-bond acceptors (Lipinski definition) is 6. The minimum absolute atomic E-state index is 0.112. The maximum Gasteiger partial charge on any atom is 0.243 e. The van der Waals surface area contributed by atoms with E-state index in [-0.39, 0.29) is 12.5 Å². The molecule has 0 unspecified atom stereocenters. The van der Waals surface area contributed by atoms with Gasteiger partial charge in [-0.25, -0.2) is 9.97 Å². The molecule has 0 radical (unpaired) electrons. The molecule has 0 aliphatic carbocycles. The summed E-state index contributed by atoms with van der Waals surface area (Å²) in [6, 6.07) is 3.79. The first-order chi connectivity index (χ1) is 9.22. The van der Waals surface area contributed by atoms with Gasteiger partial charge in [-0.1, -0.05) is 0 Å². The van der Waals surface area contributed by atoms with Crippen LogP contribution in [0.15, 0.2) is 22.9 Å². The van der Waals surface area contributed by atoms with Crippen LogP contribution in [-0.4, -0.2) is 22.4 Å². The first-order valence-corrected chi connectivity index (χ1v) is 5.90. The Balaban J connectivity index is 1.79. The molecule has 1 amide bonds. The van der Waals surface area contributed by atoms with Crippen molar-refractivity contribution in [2.75, 3.05) is 22.5 Å². The van der Waals surface area contributed by atoms with Crippen LogP contribution < -0.4 is 16.0 Å². The minimum Gasteiger partial charge on any atom is -0.465 e. The maximum absolute atomic E-state index is 11.4. The molecule has 3 heterocycles. The molecular formula is C12H13N5O2. The van der Waals surface area contributed by atoms with Crippen molar-refractivity contribution in [3.63, 3.8) is 0 Å². The van der Waals surface area contributed by atoms with Crippen molar-refractivity contribution in [3.8, 4) is 0 Å². The Morgan fingerprint density at radius 2 is 2.32 bits per heavy atom. The fraction of sp³-hybridized carbons (Fsp3) is 0.250. The van der Waals surface area contributed by atoms with Crippen molar-refractivity contribution in [1.82, 2.24) is 9.97 Å². The number of amides is 1. The number of nitrogens with one attached hydrogen (secondary N) is 3. The lowest BCUT2D eigenvalue weighted by atomic mass is 10.3. The Labute approximate surface area is 109 Å². The number of aromatic nitrogens is 2. The topological polar surface area (TPSA) is 92.1 Å². The van der Waals surface area contributed by atoms with Gasteiger partial charge >= 0.3 is 0 Å². The van der Waals surface area contributed by atoms with E-state index in [4.69, 9.17) is 4.42 Å². The van der Waals surface area contributed by atoms with Gasteiger partial charge in [0.15, 0.2) is 11.6 Å². The van der Waals surface area contributed by atoms with Gasteiger partial charge in [-0.05, 0) is 19.1 Å². The number of aryl methyl sites for hydroxylation is 1. The smallest absolute Gasteiger partial charge is 0.243 e. The first kappa shape index (κ1) is 11.5. The molecule has 0 atom stereocenters. The fourth-order valence-corrected chi connectivity index (χ4v) is 1.87. The third-order valence-electron chi connectivity index (χ3n) is 2.75. The van der Waals surface area contributed by atoms with E-state index in [0.717, 1.165) is 11.5 Å². The van der Waals surface area contributed by atoms with E-state index in [0.29, 0.717) is 23.9 Å². The summed E-state index contributed by atoms with van der Waals surface area (Å²) in [5.41, 5.74) is 0.571. The largest absolute Gasteiger partial charge is 0.465 e. The van der Waals surface area contributed by atoms with Crippen LogP contribution in [0.4, 0.5) is 17.3 Å². The van der Waals surface area contributed by atoms with E-state index in [1.807, 2.05) is 19.1 Å². The molecule has 7 heteroatoms. The van der Waals surface area contributed by atoms with Crippen LogP contribution in [0.3, 0.4) is 0 Å². The number of anilines is 3. The predicted octanol–water partition coefficient (Wildman–Crippen LogP) is 1.35.